The maximum absolute atomic E-state index is 12.8. The van der Waals surface area contributed by atoms with Crippen LogP contribution in [0.25, 0.3) is 0 Å². The SMILES string of the molecule is CC1CC(O)(c2cncc(F)c2)C1. The van der Waals surface area contributed by atoms with Gasteiger partial charge in [0.15, 0.2) is 0 Å². The number of hydrogen-bond acceptors (Lipinski definition) is 2. The van der Waals surface area contributed by atoms with Gasteiger partial charge in [-0.2, -0.15) is 0 Å². The molecule has 0 aliphatic heterocycles. The molecule has 0 amide bonds. The van der Waals surface area contributed by atoms with E-state index < -0.39 is 5.60 Å². The fraction of sp³-hybridized carbons (Fsp3) is 0.500. The van der Waals surface area contributed by atoms with Gasteiger partial charge in [0.25, 0.3) is 0 Å². The summed E-state index contributed by atoms with van der Waals surface area (Å²) < 4.78 is 12.8. The van der Waals surface area contributed by atoms with Crippen LogP contribution in [0.15, 0.2) is 18.5 Å². The highest BCUT2D eigenvalue weighted by molar-refractivity contribution is 5.22. The van der Waals surface area contributed by atoms with Crippen molar-refractivity contribution in [3.63, 3.8) is 0 Å². The lowest BCUT2D eigenvalue weighted by atomic mass is 9.69. The first-order valence-corrected chi connectivity index (χ1v) is 4.43. The average molecular weight is 181 g/mol. The molecule has 0 atom stereocenters. The maximum atomic E-state index is 12.8. The van der Waals surface area contributed by atoms with Gasteiger partial charge >= 0.3 is 0 Å². The number of rotatable bonds is 1. The van der Waals surface area contributed by atoms with Gasteiger partial charge in [0.1, 0.15) is 5.82 Å². The average Bonchev–Trinajstić information content (AvgIpc) is 2.02. The minimum atomic E-state index is -0.825. The zero-order valence-corrected chi connectivity index (χ0v) is 7.50. The van der Waals surface area contributed by atoms with Crippen LogP contribution in [0.3, 0.4) is 0 Å². The first-order chi connectivity index (χ1) is 6.10. The summed E-state index contributed by atoms with van der Waals surface area (Å²) in [4.78, 5) is 3.72. The minimum Gasteiger partial charge on any atom is -0.385 e. The Morgan fingerprint density at radius 2 is 2.23 bits per heavy atom. The van der Waals surface area contributed by atoms with E-state index in [9.17, 15) is 9.50 Å². The predicted molar refractivity (Wildman–Crippen MR) is 46.5 cm³/mol. The Morgan fingerprint density at radius 1 is 1.54 bits per heavy atom. The highest BCUT2D eigenvalue weighted by Gasteiger charge is 2.41. The number of nitrogens with zero attached hydrogens (tertiary/aromatic N) is 1. The first kappa shape index (κ1) is 8.63. The van der Waals surface area contributed by atoms with Crippen molar-refractivity contribution in [2.45, 2.75) is 25.4 Å². The van der Waals surface area contributed by atoms with Crippen molar-refractivity contribution in [1.82, 2.24) is 4.98 Å². The molecule has 0 aromatic carbocycles. The molecular weight excluding hydrogens is 169 g/mol. The van der Waals surface area contributed by atoms with Gasteiger partial charge in [-0.3, -0.25) is 4.98 Å². The molecule has 13 heavy (non-hydrogen) atoms. The lowest BCUT2D eigenvalue weighted by Crippen LogP contribution is -2.39. The van der Waals surface area contributed by atoms with Crippen LogP contribution in [0.2, 0.25) is 0 Å². The van der Waals surface area contributed by atoms with Crippen molar-refractivity contribution in [3.8, 4) is 0 Å². The molecule has 0 radical (unpaired) electrons. The van der Waals surface area contributed by atoms with E-state index in [2.05, 4.69) is 11.9 Å². The van der Waals surface area contributed by atoms with Crippen molar-refractivity contribution in [1.29, 1.82) is 0 Å². The largest absolute Gasteiger partial charge is 0.385 e. The molecule has 3 heteroatoms. The lowest BCUT2D eigenvalue weighted by molar-refractivity contribution is -0.0742. The van der Waals surface area contributed by atoms with E-state index >= 15 is 0 Å². The van der Waals surface area contributed by atoms with Crippen LogP contribution in [0.1, 0.15) is 25.3 Å². The van der Waals surface area contributed by atoms with Gasteiger partial charge in [0.05, 0.1) is 11.8 Å². The summed E-state index contributed by atoms with van der Waals surface area (Å²) >= 11 is 0. The van der Waals surface area contributed by atoms with Crippen molar-refractivity contribution in [2.24, 2.45) is 5.92 Å². The summed E-state index contributed by atoms with van der Waals surface area (Å²) in [6, 6.07) is 1.36. The number of aromatic nitrogens is 1. The van der Waals surface area contributed by atoms with Crippen molar-refractivity contribution < 1.29 is 9.50 Å². The van der Waals surface area contributed by atoms with Gasteiger partial charge in [-0.15, -0.1) is 0 Å². The monoisotopic (exact) mass is 181 g/mol. The molecule has 2 rings (SSSR count). The molecule has 2 nitrogen and oxygen atoms in total. The van der Waals surface area contributed by atoms with Gasteiger partial charge in [-0.25, -0.2) is 4.39 Å². The van der Waals surface area contributed by atoms with Crippen LogP contribution in [0.5, 0.6) is 0 Å². The molecule has 0 saturated heterocycles. The van der Waals surface area contributed by atoms with Gasteiger partial charge in [0, 0.05) is 11.8 Å². The zero-order valence-electron chi connectivity index (χ0n) is 7.50. The van der Waals surface area contributed by atoms with Crippen LogP contribution in [-0.2, 0) is 5.60 Å². The maximum Gasteiger partial charge on any atom is 0.141 e. The fourth-order valence-electron chi connectivity index (χ4n) is 2.00. The number of pyridine rings is 1. The van der Waals surface area contributed by atoms with Gasteiger partial charge in [-0.1, -0.05) is 6.92 Å². The van der Waals surface area contributed by atoms with Crippen LogP contribution >= 0.6 is 0 Å². The van der Waals surface area contributed by atoms with Crippen LogP contribution in [-0.4, -0.2) is 10.1 Å². The molecule has 1 aromatic heterocycles. The van der Waals surface area contributed by atoms with Crippen molar-refractivity contribution >= 4 is 0 Å². The minimum absolute atomic E-state index is 0.384. The van der Waals surface area contributed by atoms with Crippen LogP contribution in [0.4, 0.5) is 4.39 Å². The Kier molecular flexibility index (Phi) is 1.84. The summed E-state index contributed by atoms with van der Waals surface area (Å²) in [6.45, 7) is 2.07. The topological polar surface area (TPSA) is 33.1 Å². The molecule has 1 fully saturated rings. The number of aliphatic hydroxyl groups is 1. The molecule has 1 aliphatic rings. The summed E-state index contributed by atoms with van der Waals surface area (Å²) in [6.07, 6.45) is 4.10. The molecule has 1 N–H and O–H groups in total. The zero-order chi connectivity index (χ0) is 9.47. The number of halogens is 1. The van der Waals surface area contributed by atoms with E-state index in [0.29, 0.717) is 24.3 Å². The summed E-state index contributed by atoms with van der Waals surface area (Å²) in [7, 11) is 0. The predicted octanol–water partition coefficient (Wildman–Crippen LogP) is 1.84. The van der Waals surface area contributed by atoms with Crippen molar-refractivity contribution in [3.05, 3.63) is 29.8 Å². The highest BCUT2D eigenvalue weighted by Crippen LogP contribution is 2.44. The number of hydrogen-bond donors (Lipinski definition) is 1. The Bertz CT molecular complexity index is 320. The van der Waals surface area contributed by atoms with Gasteiger partial charge < -0.3 is 5.11 Å². The van der Waals surface area contributed by atoms with Crippen LogP contribution in [0, 0.1) is 11.7 Å². The molecule has 0 spiro atoms. The van der Waals surface area contributed by atoms with E-state index in [-0.39, 0.29) is 5.82 Å². The molecule has 70 valence electrons. The normalized spacial score (nSPS) is 32.7. The summed E-state index contributed by atoms with van der Waals surface area (Å²) in [5.41, 5.74) is -0.222. The van der Waals surface area contributed by atoms with Gasteiger partial charge in [-0.05, 0) is 24.8 Å². The highest BCUT2D eigenvalue weighted by atomic mass is 19.1. The smallest absolute Gasteiger partial charge is 0.141 e. The second kappa shape index (κ2) is 2.77. The molecule has 1 aromatic rings. The molecular formula is C10H12FNO. The van der Waals surface area contributed by atoms with E-state index in [1.807, 2.05) is 0 Å². The molecule has 0 unspecified atom stereocenters. The van der Waals surface area contributed by atoms with E-state index in [0.717, 1.165) is 6.20 Å². The van der Waals surface area contributed by atoms with Crippen LogP contribution < -0.4 is 0 Å². The quantitative estimate of drug-likeness (QED) is 0.717. The Morgan fingerprint density at radius 3 is 2.77 bits per heavy atom. The third-order valence-electron chi connectivity index (χ3n) is 2.61. The molecule has 0 bridgehead atoms. The third kappa shape index (κ3) is 1.44. The summed E-state index contributed by atoms with van der Waals surface area (Å²) in [5.74, 6) is 0.138. The molecule has 1 heterocycles. The molecule has 1 aliphatic carbocycles. The summed E-state index contributed by atoms with van der Waals surface area (Å²) in [5, 5.41) is 9.97. The Hall–Kier alpha value is -0.960. The lowest BCUT2D eigenvalue weighted by Gasteiger charge is -2.42. The third-order valence-corrected chi connectivity index (χ3v) is 2.61. The van der Waals surface area contributed by atoms with Gasteiger partial charge in [0.2, 0.25) is 0 Å². The molecule has 1 saturated carbocycles. The fourth-order valence-corrected chi connectivity index (χ4v) is 2.00. The second-order valence-corrected chi connectivity index (χ2v) is 3.94. The van der Waals surface area contributed by atoms with Crippen molar-refractivity contribution in [2.75, 3.05) is 0 Å². The first-order valence-electron chi connectivity index (χ1n) is 4.43. The Balaban J connectivity index is 2.26. The van der Waals surface area contributed by atoms with E-state index in [4.69, 9.17) is 0 Å². The second-order valence-electron chi connectivity index (χ2n) is 3.94. The van der Waals surface area contributed by atoms with E-state index in [1.54, 1.807) is 0 Å². The van der Waals surface area contributed by atoms with E-state index in [1.165, 1.54) is 12.3 Å². The standard InChI is InChI=1S/C10H12FNO/c1-7-3-10(13,4-7)8-2-9(11)6-12-5-8/h2,5-7,13H,3-4H2,1H3. The Labute approximate surface area is 76.4 Å².